The van der Waals surface area contributed by atoms with Crippen LogP contribution in [0.5, 0.6) is 0 Å². The number of unbranched alkanes of at least 4 members (excludes halogenated alkanes) is 2. The molecule has 2 nitrogen and oxygen atoms in total. The smallest absolute Gasteiger partial charge is 0.0539 e. The molecule has 0 aromatic rings. The lowest BCUT2D eigenvalue weighted by molar-refractivity contribution is -0.0228. The van der Waals surface area contributed by atoms with Crippen LogP contribution >= 0.6 is 0 Å². The Kier molecular flexibility index (Phi) is 14.2. The average molecular weight is 329 g/mol. The lowest BCUT2D eigenvalue weighted by Gasteiger charge is -2.27. The minimum absolute atomic E-state index is 0.117. The van der Waals surface area contributed by atoms with Crippen LogP contribution in [0.1, 0.15) is 92.9 Å². The maximum absolute atomic E-state index is 6.02. The van der Waals surface area contributed by atoms with E-state index in [2.05, 4.69) is 41.5 Å². The van der Waals surface area contributed by atoms with Crippen molar-refractivity contribution in [3.05, 3.63) is 0 Å². The van der Waals surface area contributed by atoms with E-state index >= 15 is 0 Å². The maximum Gasteiger partial charge on any atom is 0.0539 e. The van der Waals surface area contributed by atoms with Gasteiger partial charge >= 0.3 is 0 Å². The van der Waals surface area contributed by atoms with Gasteiger partial charge < -0.3 is 9.47 Å². The Balaban J connectivity index is 3.90. The van der Waals surface area contributed by atoms with E-state index in [9.17, 15) is 0 Å². The van der Waals surface area contributed by atoms with Crippen molar-refractivity contribution in [2.24, 2.45) is 17.3 Å². The van der Waals surface area contributed by atoms with Crippen LogP contribution in [0.3, 0.4) is 0 Å². The highest BCUT2D eigenvalue weighted by Gasteiger charge is 2.20. The van der Waals surface area contributed by atoms with Gasteiger partial charge in [-0.2, -0.15) is 0 Å². The molecule has 2 unspecified atom stereocenters. The quantitative estimate of drug-likeness (QED) is 0.323. The Bertz CT molecular complexity index is 226. The summed E-state index contributed by atoms with van der Waals surface area (Å²) in [7, 11) is 0. The Labute approximate surface area is 146 Å². The van der Waals surface area contributed by atoms with Crippen molar-refractivity contribution >= 4 is 0 Å². The third-order valence-corrected chi connectivity index (χ3v) is 4.78. The molecule has 2 heteroatoms. The molecule has 0 aliphatic heterocycles. The first-order chi connectivity index (χ1) is 11.0. The van der Waals surface area contributed by atoms with E-state index in [1.165, 1.54) is 51.4 Å². The second-order valence-corrected chi connectivity index (χ2v) is 8.03. The average Bonchev–Trinajstić information content (AvgIpc) is 2.53. The van der Waals surface area contributed by atoms with Crippen LogP contribution in [0.2, 0.25) is 0 Å². The summed E-state index contributed by atoms with van der Waals surface area (Å²) in [6.07, 6.45) is 10.3. The van der Waals surface area contributed by atoms with Gasteiger partial charge in [-0.3, -0.25) is 0 Å². The van der Waals surface area contributed by atoms with Crippen LogP contribution in [0.25, 0.3) is 0 Å². The summed E-state index contributed by atoms with van der Waals surface area (Å²) in [4.78, 5) is 0. The molecule has 0 amide bonds. The van der Waals surface area contributed by atoms with E-state index in [0.29, 0.717) is 0 Å². The topological polar surface area (TPSA) is 18.5 Å². The Morgan fingerprint density at radius 1 is 0.696 bits per heavy atom. The third-order valence-electron chi connectivity index (χ3n) is 4.78. The van der Waals surface area contributed by atoms with Gasteiger partial charge in [-0.1, -0.05) is 80.1 Å². The molecule has 0 radical (unpaired) electrons. The van der Waals surface area contributed by atoms with Crippen molar-refractivity contribution in [1.29, 1.82) is 0 Å². The van der Waals surface area contributed by atoms with E-state index in [1.54, 1.807) is 0 Å². The summed E-state index contributed by atoms with van der Waals surface area (Å²) >= 11 is 0. The predicted molar refractivity (Wildman–Crippen MR) is 102 cm³/mol. The summed E-state index contributed by atoms with van der Waals surface area (Å²) in [5.41, 5.74) is 0.117. The fourth-order valence-electron chi connectivity index (χ4n) is 2.84. The Morgan fingerprint density at radius 3 is 1.39 bits per heavy atom. The number of hydrogen-bond donors (Lipinski definition) is 0. The molecule has 2 atom stereocenters. The molecule has 23 heavy (non-hydrogen) atoms. The van der Waals surface area contributed by atoms with Gasteiger partial charge in [0.05, 0.1) is 13.2 Å². The molecule has 0 N–H and O–H groups in total. The van der Waals surface area contributed by atoms with Gasteiger partial charge in [-0.25, -0.2) is 0 Å². The molecule has 0 aromatic heterocycles. The van der Waals surface area contributed by atoms with Crippen molar-refractivity contribution in [3.8, 4) is 0 Å². The lowest BCUT2D eigenvalue weighted by atomic mass is 9.95. The third kappa shape index (κ3) is 12.9. The van der Waals surface area contributed by atoms with Crippen molar-refractivity contribution in [3.63, 3.8) is 0 Å². The van der Waals surface area contributed by atoms with E-state index in [-0.39, 0.29) is 5.41 Å². The first-order valence-electron chi connectivity index (χ1n) is 10.1. The Morgan fingerprint density at radius 2 is 1.09 bits per heavy atom. The van der Waals surface area contributed by atoms with Gasteiger partial charge in [0.15, 0.2) is 0 Å². The van der Waals surface area contributed by atoms with Crippen molar-refractivity contribution in [1.82, 2.24) is 0 Å². The molecule has 0 saturated carbocycles. The van der Waals surface area contributed by atoms with Crippen molar-refractivity contribution in [2.45, 2.75) is 92.9 Å². The second kappa shape index (κ2) is 14.3. The summed E-state index contributed by atoms with van der Waals surface area (Å²) in [6.45, 7) is 17.0. The number of rotatable bonds is 16. The molecular weight excluding hydrogens is 284 g/mol. The molecule has 0 heterocycles. The van der Waals surface area contributed by atoms with Crippen LogP contribution in [0.15, 0.2) is 0 Å². The largest absolute Gasteiger partial charge is 0.381 e. The van der Waals surface area contributed by atoms with Crippen LogP contribution in [0.4, 0.5) is 0 Å². The molecule has 0 aromatic carbocycles. The zero-order valence-corrected chi connectivity index (χ0v) is 17.0. The second-order valence-electron chi connectivity index (χ2n) is 8.03. The molecule has 0 fully saturated rings. The zero-order chi connectivity index (χ0) is 17.6. The van der Waals surface area contributed by atoms with Gasteiger partial charge in [-0.15, -0.1) is 0 Å². The molecular formula is C21H44O2. The van der Waals surface area contributed by atoms with E-state index < -0.39 is 0 Å². The maximum atomic E-state index is 6.02. The Hall–Kier alpha value is -0.0800. The normalized spacial score (nSPS) is 14.9. The van der Waals surface area contributed by atoms with Crippen molar-refractivity contribution < 1.29 is 9.47 Å². The summed E-state index contributed by atoms with van der Waals surface area (Å²) in [5, 5.41) is 0. The van der Waals surface area contributed by atoms with Crippen LogP contribution in [-0.2, 0) is 9.47 Å². The van der Waals surface area contributed by atoms with Crippen LogP contribution in [0, 0.1) is 17.3 Å². The van der Waals surface area contributed by atoms with Crippen LogP contribution in [-0.4, -0.2) is 26.4 Å². The van der Waals surface area contributed by atoms with Gasteiger partial charge in [0, 0.05) is 18.6 Å². The minimum atomic E-state index is 0.117. The summed E-state index contributed by atoms with van der Waals surface area (Å²) < 4.78 is 12.0. The molecule has 0 aliphatic rings. The van der Waals surface area contributed by atoms with E-state index in [1.807, 2.05) is 0 Å². The monoisotopic (exact) mass is 328 g/mol. The molecule has 0 rings (SSSR count). The summed E-state index contributed by atoms with van der Waals surface area (Å²) in [6, 6.07) is 0. The molecule has 0 aliphatic carbocycles. The standard InChI is InChI=1S/C21H44O2/c1-7-11-13-19(9-3)15-22-17-21(5,6)18-23-16-20(10-4)14-12-8-2/h19-20H,7-18H2,1-6H3. The SMILES string of the molecule is CCCCC(CC)COCC(C)(C)COCC(CC)CCCC. The molecule has 0 spiro atoms. The fraction of sp³-hybridized carbons (Fsp3) is 1.00. The minimum Gasteiger partial charge on any atom is -0.381 e. The zero-order valence-electron chi connectivity index (χ0n) is 17.0. The highest BCUT2D eigenvalue weighted by Crippen LogP contribution is 2.20. The van der Waals surface area contributed by atoms with Gasteiger partial charge in [0.25, 0.3) is 0 Å². The van der Waals surface area contributed by atoms with E-state index in [4.69, 9.17) is 9.47 Å². The van der Waals surface area contributed by atoms with Gasteiger partial charge in [0.2, 0.25) is 0 Å². The lowest BCUT2D eigenvalue weighted by Crippen LogP contribution is -2.28. The van der Waals surface area contributed by atoms with E-state index in [0.717, 1.165) is 38.3 Å². The van der Waals surface area contributed by atoms with Crippen molar-refractivity contribution in [2.75, 3.05) is 26.4 Å². The molecule has 0 bridgehead atoms. The fourth-order valence-corrected chi connectivity index (χ4v) is 2.84. The first kappa shape index (κ1) is 22.9. The van der Waals surface area contributed by atoms with Gasteiger partial charge in [-0.05, 0) is 24.7 Å². The van der Waals surface area contributed by atoms with Gasteiger partial charge in [0.1, 0.15) is 0 Å². The highest BCUT2D eigenvalue weighted by atomic mass is 16.5. The molecule has 140 valence electrons. The number of ether oxygens (including phenoxy) is 2. The molecule has 0 saturated heterocycles. The predicted octanol–water partition coefficient (Wildman–Crippen LogP) is 6.48. The first-order valence-corrected chi connectivity index (χ1v) is 10.1. The summed E-state index contributed by atoms with van der Waals surface area (Å²) in [5.74, 6) is 1.45. The number of hydrogen-bond acceptors (Lipinski definition) is 2. The van der Waals surface area contributed by atoms with Crippen LogP contribution < -0.4 is 0 Å². The highest BCUT2D eigenvalue weighted by molar-refractivity contribution is 4.68.